The second-order valence-electron chi connectivity index (χ2n) is 3.74. The highest BCUT2D eigenvalue weighted by Gasteiger charge is 2.17. The number of hydrogen-bond donors (Lipinski definition) is 3. The minimum absolute atomic E-state index is 0.0787. The fourth-order valence-electron chi connectivity index (χ4n) is 1.39. The van der Waals surface area contributed by atoms with Crippen LogP contribution in [0, 0.1) is 5.82 Å². The Labute approximate surface area is 110 Å². The molecule has 0 heterocycles. The van der Waals surface area contributed by atoms with Crippen LogP contribution in [0.1, 0.15) is 12.5 Å². The zero-order valence-electron chi connectivity index (χ0n) is 9.94. The molecule has 0 spiro atoms. The van der Waals surface area contributed by atoms with Gasteiger partial charge >= 0.3 is 0 Å². The highest BCUT2D eigenvalue weighted by molar-refractivity contribution is 7.80. The number of carbonyl (C=O) groups is 2. The van der Waals surface area contributed by atoms with Gasteiger partial charge in [-0.15, -0.1) is 0 Å². The van der Waals surface area contributed by atoms with Gasteiger partial charge in [0.2, 0.25) is 11.8 Å². The molecule has 0 aliphatic rings. The molecule has 1 atom stereocenters. The van der Waals surface area contributed by atoms with E-state index in [-0.39, 0.29) is 29.9 Å². The van der Waals surface area contributed by atoms with Gasteiger partial charge in [0.15, 0.2) is 0 Å². The molecule has 2 amide bonds. The van der Waals surface area contributed by atoms with Crippen molar-refractivity contribution in [3.63, 3.8) is 0 Å². The molecule has 0 saturated carbocycles. The number of amides is 2. The van der Waals surface area contributed by atoms with E-state index in [1.54, 1.807) is 18.2 Å². The number of nitrogens with one attached hydrogen (secondary N) is 2. The Morgan fingerprint density at radius 1 is 1.39 bits per heavy atom. The number of thiol groups is 1. The topological polar surface area (TPSA) is 58.2 Å². The summed E-state index contributed by atoms with van der Waals surface area (Å²) in [5.74, 6) is -0.888. The summed E-state index contributed by atoms with van der Waals surface area (Å²) in [5.41, 5.74) is 0.395. The Kier molecular flexibility index (Phi) is 5.64. The number of hydrogen-bond acceptors (Lipinski definition) is 3. The van der Waals surface area contributed by atoms with Crippen molar-refractivity contribution in [1.29, 1.82) is 0 Å². The Balaban J connectivity index is 2.54. The van der Waals surface area contributed by atoms with Gasteiger partial charge in [0.1, 0.15) is 11.9 Å². The highest BCUT2D eigenvalue weighted by Crippen LogP contribution is 2.05. The maximum atomic E-state index is 13.3. The van der Waals surface area contributed by atoms with Gasteiger partial charge in [0.25, 0.3) is 0 Å². The van der Waals surface area contributed by atoms with Gasteiger partial charge in [0.05, 0.1) is 0 Å². The van der Waals surface area contributed by atoms with E-state index in [0.29, 0.717) is 5.56 Å². The van der Waals surface area contributed by atoms with Gasteiger partial charge in [-0.1, -0.05) is 18.2 Å². The first-order chi connectivity index (χ1) is 8.54. The van der Waals surface area contributed by atoms with E-state index in [9.17, 15) is 14.0 Å². The van der Waals surface area contributed by atoms with Crippen LogP contribution in [-0.2, 0) is 16.1 Å². The molecule has 1 unspecified atom stereocenters. The van der Waals surface area contributed by atoms with Gasteiger partial charge in [0, 0.05) is 24.8 Å². The molecule has 0 bridgehead atoms. The lowest BCUT2D eigenvalue weighted by atomic mass is 10.2. The van der Waals surface area contributed by atoms with Gasteiger partial charge in [-0.05, 0) is 6.07 Å². The molecule has 0 fully saturated rings. The average molecular weight is 270 g/mol. The van der Waals surface area contributed by atoms with Crippen molar-refractivity contribution < 1.29 is 14.0 Å². The van der Waals surface area contributed by atoms with Gasteiger partial charge < -0.3 is 10.6 Å². The lowest BCUT2D eigenvalue weighted by Gasteiger charge is -2.15. The number of rotatable bonds is 5. The smallest absolute Gasteiger partial charge is 0.243 e. The molecule has 0 aliphatic carbocycles. The lowest BCUT2D eigenvalue weighted by Crippen LogP contribution is -2.47. The predicted octanol–water partition coefficient (Wildman–Crippen LogP) is 0.876. The number of benzene rings is 1. The van der Waals surface area contributed by atoms with E-state index in [1.807, 2.05) is 0 Å². The third-order valence-electron chi connectivity index (χ3n) is 2.29. The Hall–Kier alpha value is -1.56. The molecule has 4 nitrogen and oxygen atoms in total. The van der Waals surface area contributed by atoms with Crippen LogP contribution in [0.25, 0.3) is 0 Å². The summed E-state index contributed by atoms with van der Waals surface area (Å²) in [6.07, 6.45) is 0. The molecular weight excluding hydrogens is 255 g/mol. The van der Waals surface area contributed by atoms with Crippen molar-refractivity contribution in [2.75, 3.05) is 5.75 Å². The highest BCUT2D eigenvalue weighted by atomic mass is 32.1. The van der Waals surface area contributed by atoms with Crippen LogP contribution >= 0.6 is 12.6 Å². The molecule has 2 N–H and O–H groups in total. The normalized spacial score (nSPS) is 11.7. The monoisotopic (exact) mass is 270 g/mol. The molecule has 18 heavy (non-hydrogen) atoms. The zero-order valence-corrected chi connectivity index (χ0v) is 10.8. The summed E-state index contributed by atoms with van der Waals surface area (Å²) in [5, 5.41) is 5.01. The quantitative estimate of drug-likeness (QED) is 0.696. The maximum absolute atomic E-state index is 13.3. The standard InChI is InChI=1S/C12H15FN2O2S/c1-8(16)15-11(7-18)12(17)14-6-9-4-2-3-5-10(9)13/h2-5,11,18H,6-7H2,1H3,(H,14,17)(H,15,16). The summed E-state index contributed by atoms with van der Waals surface area (Å²) in [4.78, 5) is 22.6. The SMILES string of the molecule is CC(=O)NC(CS)C(=O)NCc1ccccc1F. The molecular formula is C12H15FN2O2S. The summed E-state index contributed by atoms with van der Waals surface area (Å²) < 4.78 is 13.3. The fourth-order valence-corrected chi connectivity index (χ4v) is 1.64. The van der Waals surface area contributed by atoms with Crippen molar-refractivity contribution in [2.45, 2.75) is 19.5 Å². The van der Waals surface area contributed by atoms with E-state index in [2.05, 4.69) is 23.3 Å². The number of carbonyl (C=O) groups excluding carboxylic acids is 2. The third kappa shape index (κ3) is 4.37. The molecule has 0 radical (unpaired) electrons. The molecule has 1 aromatic carbocycles. The van der Waals surface area contributed by atoms with E-state index >= 15 is 0 Å². The molecule has 1 rings (SSSR count). The van der Waals surface area contributed by atoms with E-state index in [1.165, 1.54) is 13.0 Å². The lowest BCUT2D eigenvalue weighted by molar-refractivity contribution is -0.127. The minimum Gasteiger partial charge on any atom is -0.350 e. The first-order valence-electron chi connectivity index (χ1n) is 5.43. The van der Waals surface area contributed by atoms with Crippen LogP contribution in [0.2, 0.25) is 0 Å². The Morgan fingerprint density at radius 3 is 2.61 bits per heavy atom. The van der Waals surface area contributed by atoms with Crippen LogP contribution in [0.5, 0.6) is 0 Å². The van der Waals surface area contributed by atoms with Crippen molar-refractivity contribution in [3.8, 4) is 0 Å². The number of halogens is 1. The predicted molar refractivity (Wildman–Crippen MR) is 69.7 cm³/mol. The average Bonchev–Trinajstić information content (AvgIpc) is 2.34. The molecule has 0 saturated heterocycles. The second kappa shape index (κ2) is 7.00. The van der Waals surface area contributed by atoms with E-state index < -0.39 is 6.04 Å². The Bertz CT molecular complexity index is 440. The van der Waals surface area contributed by atoms with Gasteiger partial charge in [-0.3, -0.25) is 9.59 Å². The summed E-state index contributed by atoms with van der Waals surface area (Å²) >= 11 is 3.98. The van der Waals surface area contributed by atoms with Gasteiger partial charge in [-0.2, -0.15) is 12.6 Å². The second-order valence-corrected chi connectivity index (χ2v) is 4.11. The fraction of sp³-hybridized carbons (Fsp3) is 0.333. The van der Waals surface area contributed by atoms with Crippen molar-refractivity contribution >= 4 is 24.4 Å². The van der Waals surface area contributed by atoms with Crippen molar-refractivity contribution in [3.05, 3.63) is 35.6 Å². The molecule has 0 aromatic heterocycles. The zero-order chi connectivity index (χ0) is 13.5. The first-order valence-corrected chi connectivity index (χ1v) is 6.07. The van der Waals surface area contributed by atoms with Crippen LogP contribution in [0.4, 0.5) is 4.39 Å². The Morgan fingerprint density at radius 2 is 2.06 bits per heavy atom. The molecule has 6 heteroatoms. The summed E-state index contributed by atoms with van der Waals surface area (Å²) in [6.45, 7) is 1.40. The third-order valence-corrected chi connectivity index (χ3v) is 2.65. The largest absolute Gasteiger partial charge is 0.350 e. The molecule has 1 aromatic rings. The van der Waals surface area contributed by atoms with E-state index in [4.69, 9.17) is 0 Å². The van der Waals surface area contributed by atoms with Crippen LogP contribution in [-0.4, -0.2) is 23.6 Å². The molecule has 0 aliphatic heterocycles. The first kappa shape index (κ1) is 14.5. The minimum atomic E-state index is -0.711. The van der Waals surface area contributed by atoms with Crippen molar-refractivity contribution in [2.24, 2.45) is 0 Å². The van der Waals surface area contributed by atoms with Crippen LogP contribution in [0.3, 0.4) is 0 Å². The summed E-state index contributed by atoms with van der Waals surface area (Å²) in [6, 6.07) is 5.47. The summed E-state index contributed by atoms with van der Waals surface area (Å²) in [7, 11) is 0. The van der Waals surface area contributed by atoms with Crippen molar-refractivity contribution in [1.82, 2.24) is 10.6 Å². The maximum Gasteiger partial charge on any atom is 0.243 e. The molecule has 98 valence electrons. The van der Waals surface area contributed by atoms with Gasteiger partial charge in [-0.25, -0.2) is 4.39 Å². The van der Waals surface area contributed by atoms with Crippen LogP contribution in [0.15, 0.2) is 24.3 Å². The van der Waals surface area contributed by atoms with Crippen LogP contribution < -0.4 is 10.6 Å². The van der Waals surface area contributed by atoms with E-state index in [0.717, 1.165) is 0 Å².